The minimum Gasteiger partial charge on any atom is -0.456 e. The van der Waals surface area contributed by atoms with Crippen LogP contribution >= 0.6 is 23.2 Å². The van der Waals surface area contributed by atoms with Gasteiger partial charge in [0.15, 0.2) is 5.75 Å². The second-order valence-corrected chi connectivity index (χ2v) is 11.1. The highest BCUT2D eigenvalue weighted by molar-refractivity contribution is 6.33. The number of aromatic amines is 1. The van der Waals surface area contributed by atoms with Crippen molar-refractivity contribution in [1.29, 1.82) is 0 Å². The Hall–Kier alpha value is -3.78. The van der Waals surface area contributed by atoms with E-state index in [4.69, 9.17) is 47.4 Å². The standard InChI is InChI=1S/C28H29Cl2FN8O4/c1-4-22(40)38-6-8-39(9-7-38)26-15-10-21(29)33-27(43-25-16-12-32-36-18(16)11-17(31)23(25)30)24(15)34-28(35-26)42-20-14-37(3)13-19(20)41-5-2/h4,10-12,19-20H,1,5-9,13-14H2,2-3H3,(H,32,36)/t19-,20-/m1/s1. The van der Waals surface area contributed by atoms with Crippen LogP contribution < -0.4 is 14.4 Å². The molecule has 2 aliphatic heterocycles. The SMILES string of the molecule is C=CC(=O)N1CCN(c2nc(O[C@@H]3CN(C)C[C@H]3OCC)nc3c(Oc4c(Cl)c(F)cc5[nH]ncc45)nc(Cl)cc23)CC1. The Morgan fingerprint density at radius 3 is 2.65 bits per heavy atom. The van der Waals surface area contributed by atoms with E-state index in [0.717, 1.165) is 0 Å². The molecule has 2 aliphatic rings. The van der Waals surface area contributed by atoms with Crippen LogP contribution in [0.1, 0.15) is 6.92 Å². The minimum absolute atomic E-state index is 0.00879. The molecule has 6 rings (SSSR count). The molecule has 0 radical (unpaired) electrons. The first-order valence-electron chi connectivity index (χ1n) is 13.8. The summed E-state index contributed by atoms with van der Waals surface area (Å²) in [4.78, 5) is 32.0. The van der Waals surface area contributed by atoms with Crippen LogP contribution in [0.5, 0.6) is 17.6 Å². The van der Waals surface area contributed by atoms with Crippen LogP contribution in [-0.4, -0.2) is 106 Å². The molecule has 43 heavy (non-hydrogen) atoms. The number of ether oxygens (including phenoxy) is 3. The fourth-order valence-corrected chi connectivity index (χ4v) is 5.80. The highest BCUT2D eigenvalue weighted by Crippen LogP contribution is 2.41. The van der Waals surface area contributed by atoms with Gasteiger partial charge in [-0.1, -0.05) is 29.8 Å². The summed E-state index contributed by atoms with van der Waals surface area (Å²) in [5.74, 6) is -0.314. The van der Waals surface area contributed by atoms with Gasteiger partial charge in [0.2, 0.25) is 11.8 Å². The first-order valence-corrected chi connectivity index (χ1v) is 14.5. The van der Waals surface area contributed by atoms with E-state index in [-0.39, 0.29) is 51.4 Å². The summed E-state index contributed by atoms with van der Waals surface area (Å²) in [6, 6.07) is 2.96. The maximum absolute atomic E-state index is 14.7. The van der Waals surface area contributed by atoms with E-state index in [1.54, 1.807) is 11.0 Å². The van der Waals surface area contributed by atoms with Crippen LogP contribution in [0.15, 0.2) is 31.0 Å². The van der Waals surface area contributed by atoms with Crippen molar-refractivity contribution in [2.75, 3.05) is 57.8 Å². The van der Waals surface area contributed by atoms with Crippen LogP contribution in [0.3, 0.4) is 0 Å². The van der Waals surface area contributed by atoms with E-state index in [9.17, 15) is 9.18 Å². The number of carbonyl (C=O) groups excluding carboxylic acids is 1. The second-order valence-electron chi connectivity index (χ2n) is 10.3. The number of rotatable bonds is 8. The predicted octanol–water partition coefficient (Wildman–Crippen LogP) is 4.07. The topological polar surface area (TPSA) is 122 Å². The molecule has 2 saturated heterocycles. The lowest BCUT2D eigenvalue weighted by Crippen LogP contribution is -2.48. The molecule has 15 heteroatoms. The maximum Gasteiger partial charge on any atom is 0.319 e. The normalized spacial score (nSPS) is 19.4. The number of aromatic nitrogens is 5. The zero-order chi connectivity index (χ0) is 30.2. The minimum atomic E-state index is -0.696. The molecule has 0 aliphatic carbocycles. The second kappa shape index (κ2) is 12.1. The highest BCUT2D eigenvalue weighted by Gasteiger charge is 2.35. The smallest absolute Gasteiger partial charge is 0.319 e. The third kappa shape index (κ3) is 5.77. The molecule has 1 N–H and O–H groups in total. The van der Waals surface area contributed by atoms with Crippen molar-refractivity contribution in [2.24, 2.45) is 0 Å². The number of piperazine rings is 1. The number of hydrogen-bond donors (Lipinski definition) is 1. The number of nitrogens with zero attached hydrogens (tertiary/aromatic N) is 7. The van der Waals surface area contributed by atoms with Crippen LogP contribution in [0.25, 0.3) is 21.8 Å². The van der Waals surface area contributed by atoms with Gasteiger partial charge in [0, 0.05) is 51.9 Å². The number of nitrogens with one attached hydrogen (secondary N) is 1. The Morgan fingerprint density at radius 2 is 1.91 bits per heavy atom. The number of amides is 1. The van der Waals surface area contributed by atoms with Gasteiger partial charge in [0.25, 0.3) is 0 Å². The summed E-state index contributed by atoms with van der Waals surface area (Å²) in [5.41, 5.74) is 0.673. The average molecular weight is 631 g/mol. The number of carbonyl (C=O) groups is 1. The molecule has 4 aromatic rings. The number of benzene rings is 1. The molecule has 0 saturated carbocycles. The summed E-state index contributed by atoms with van der Waals surface area (Å²) < 4.78 is 33.2. The van der Waals surface area contributed by atoms with Crippen molar-refractivity contribution in [2.45, 2.75) is 19.1 Å². The molecule has 0 spiro atoms. The summed E-state index contributed by atoms with van der Waals surface area (Å²) in [6.45, 7) is 9.27. The van der Waals surface area contributed by atoms with E-state index >= 15 is 0 Å². The number of likely N-dealkylation sites (N-methyl/N-ethyl adjacent to an activating group) is 1. The first kappa shape index (κ1) is 29.3. The molecule has 5 heterocycles. The lowest BCUT2D eigenvalue weighted by molar-refractivity contribution is -0.126. The average Bonchev–Trinajstić information content (AvgIpc) is 3.60. The lowest BCUT2D eigenvalue weighted by atomic mass is 10.2. The lowest BCUT2D eigenvalue weighted by Gasteiger charge is -2.35. The van der Waals surface area contributed by atoms with Crippen molar-refractivity contribution in [3.63, 3.8) is 0 Å². The molecule has 1 aromatic carbocycles. The van der Waals surface area contributed by atoms with Gasteiger partial charge in [-0.05, 0) is 26.1 Å². The molecule has 2 atom stereocenters. The van der Waals surface area contributed by atoms with Crippen molar-refractivity contribution in [1.82, 2.24) is 34.9 Å². The maximum atomic E-state index is 14.7. The Kier molecular flexibility index (Phi) is 8.23. The summed E-state index contributed by atoms with van der Waals surface area (Å²) in [6.07, 6.45) is 2.28. The molecule has 226 valence electrons. The van der Waals surface area contributed by atoms with Gasteiger partial charge in [-0.15, -0.1) is 0 Å². The summed E-state index contributed by atoms with van der Waals surface area (Å²) in [7, 11) is 1.99. The Labute approximate surface area is 256 Å². The quantitative estimate of drug-likeness (QED) is 0.225. The van der Waals surface area contributed by atoms with Gasteiger partial charge in [-0.3, -0.25) is 14.8 Å². The molecule has 2 fully saturated rings. The largest absolute Gasteiger partial charge is 0.456 e. The van der Waals surface area contributed by atoms with Gasteiger partial charge in [0.1, 0.15) is 39.5 Å². The van der Waals surface area contributed by atoms with Gasteiger partial charge < -0.3 is 24.0 Å². The number of anilines is 1. The Morgan fingerprint density at radius 1 is 1.14 bits per heavy atom. The number of halogens is 3. The molecule has 3 aromatic heterocycles. The number of hydrogen-bond acceptors (Lipinski definition) is 10. The fraction of sp³-hybridized carbons (Fsp3) is 0.393. The van der Waals surface area contributed by atoms with Crippen molar-refractivity contribution < 1.29 is 23.4 Å². The highest BCUT2D eigenvalue weighted by atomic mass is 35.5. The molecule has 0 bridgehead atoms. The van der Waals surface area contributed by atoms with E-state index in [1.165, 1.54) is 18.3 Å². The van der Waals surface area contributed by atoms with Gasteiger partial charge in [0.05, 0.1) is 22.5 Å². The number of pyridine rings is 1. The predicted molar refractivity (Wildman–Crippen MR) is 160 cm³/mol. The molecule has 1 amide bonds. The monoisotopic (exact) mass is 630 g/mol. The third-order valence-electron chi connectivity index (χ3n) is 7.47. The summed E-state index contributed by atoms with van der Waals surface area (Å²) >= 11 is 12.8. The van der Waals surface area contributed by atoms with E-state index in [1.807, 2.05) is 18.9 Å². The number of fused-ring (bicyclic) bond motifs is 2. The number of H-pyrrole nitrogens is 1. The van der Waals surface area contributed by atoms with Gasteiger partial charge >= 0.3 is 6.01 Å². The van der Waals surface area contributed by atoms with Crippen LogP contribution in [0.4, 0.5) is 10.2 Å². The molecular formula is C28H29Cl2FN8O4. The van der Waals surface area contributed by atoms with Crippen LogP contribution in [0.2, 0.25) is 10.2 Å². The number of likely N-dealkylation sites (tertiary alicyclic amines) is 1. The van der Waals surface area contributed by atoms with Crippen molar-refractivity contribution in [3.05, 3.63) is 47.0 Å². The fourth-order valence-electron chi connectivity index (χ4n) is 5.41. The van der Waals surface area contributed by atoms with Crippen LogP contribution in [-0.2, 0) is 9.53 Å². The van der Waals surface area contributed by atoms with Crippen molar-refractivity contribution >= 4 is 56.7 Å². The van der Waals surface area contributed by atoms with Crippen LogP contribution in [0, 0.1) is 5.82 Å². The molecule has 12 nitrogen and oxygen atoms in total. The summed E-state index contributed by atoms with van der Waals surface area (Å²) in [5, 5.41) is 7.55. The zero-order valence-electron chi connectivity index (χ0n) is 23.5. The molecular weight excluding hydrogens is 602 g/mol. The van der Waals surface area contributed by atoms with Gasteiger partial charge in [-0.2, -0.15) is 20.1 Å². The Bertz CT molecular complexity index is 1700. The zero-order valence-corrected chi connectivity index (χ0v) is 25.0. The van der Waals surface area contributed by atoms with E-state index < -0.39 is 5.82 Å². The Balaban J connectivity index is 1.45. The van der Waals surface area contributed by atoms with E-state index in [0.29, 0.717) is 68.0 Å². The van der Waals surface area contributed by atoms with Gasteiger partial charge in [-0.25, -0.2) is 4.39 Å². The third-order valence-corrected chi connectivity index (χ3v) is 8.02. The molecule has 0 unspecified atom stereocenters. The first-order chi connectivity index (χ1) is 20.7. The van der Waals surface area contributed by atoms with Crippen molar-refractivity contribution in [3.8, 4) is 17.6 Å². The van der Waals surface area contributed by atoms with E-state index in [2.05, 4.69) is 26.7 Å².